The molecule has 3 N–H and O–H groups in total. The number of hydrogen-bond donors (Lipinski definition) is 2. The molecule has 0 aliphatic carbocycles. The first-order chi connectivity index (χ1) is 7.04. The number of nitrogens with one attached hydrogen (secondary N) is 1. The normalized spacial score (nSPS) is 12.3. The molecule has 1 amide bonds. The van der Waals surface area contributed by atoms with Crippen molar-refractivity contribution in [2.75, 3.05) is 5.32 Å². The van der Waals surface area contributed by atoms with Crippen LogP contribution in [-0.2, 0) is 4.79 Å². The molecule has 0 saturated carbocycles. The average molecular weight is 338 g/mol. The molecular weight excluding hydrogens is 328 g/mol. The van der Waals surface area contributed by atoms with Crippen LogP contribution in [0.15, 0.2) is 15.4 Å². The van der Waals surface area contributed by atoms with Crippen LogP contribution in [0.4, 0.5) is 5.82 Å². The molecule has 0 bridgehead atoms. The summed E-state index contributed by atoms with van der Waals surface area (Å²) in [4.78, 5) is 19.5. The topological polar surface area (TPSA) is 80.9 Å². The number of hydrogen-bond acceptors (Lipinski definition) is 4. The van der Waals surface area contributed by atoms with Crippen LogP contribution in [0.1, 0.15) is 13.3 Å². The number of nitrogens with two attached hydrogens (primary N) is 1. The third kappa shape index (κ3) is 3.51. The van der Waals surface area contributed by atoms with E-state index < -0.39 is 6.04 Å². The minimum Gasteiger partial charge on any atom is -0.320 e. The van der Waals surface area contributed by atoms with Crippen molar-refractivity contribution in [1.29, 1.82) is 0 Å². The number of aromatic nitrogens is 2. The number of rotatable bonds is 3. The first-order valence-corrected chi connectivity index (χ1v) is 5.87. The van der Waals surface area contributed by atoms with E-state index in [0.717, 1.165) is 0 Å². The van der Waals surface area contributed by atoms with Crippen LogP contribution in [0.5, 0.6) is 0 Å². The van der Waals surface area contributed by atoms with Gasteiger partial charge in [-0.15, -0.1) is 0 Å². The quantitative estimate of drug-likeness (QED) is 0.879. The average Bonchev–Trinajstić information content (AvgIpc) is 2.20. The van der Waals surface area contributed by atoms with Crippen LogP contribution >= 0.6 is 31.9 Å². The molecule has 1 heterocycles. The predicted molar refractivity (Wildman–Crippen MR) is 64.3 cm³/mol. The van der Waals surface area contributed by atoms with Gasteiger partial charge in [0, 0.05) is 0 Å². The lowest BCUT2D eigenvalue weighted by molar-refractivity contribution is -0.117. The van der Waals surface area contributed by atoms with Crippen LogP contribution in [0.2, 0.25) is 0 Å². The van der Waals surface area contributed by atoms with Crippen LogP contribution in [0, 0.1) is 0 Å². The van der Waals surface area contributed by atoms with Crippen LogP contribution in [0.25, 0.3) is 0 Å². The molecule has 0 radical (unpaired) electrons. The van der Waals surface area contributed by atoms with Crippen LogP contribution < -0.4 is 11.1 Å². The van der Waals surface area contributed by atoms with Crippen molar-refractivity contribution >= 4 is 43.6 Å². The monoisotopic (exact) mass is 336 g/mol. The van der Waals surface area contributed by atoms with Crippen molar-refractivity contribution in [3.05, 3.63) is 15.4 Å². The summed E-state index contributed by atoms with van der Waals surface area (Å²) in [7, 11) is 0. The first-order valence-electron chi connectivity index (χ1n) is 4.29. The molecule has 1 atom stereocenters. The zero-order chi connectivity index (χ0) is 11.4. The van der Waals surface area contributed by atoms with E-state index in [2.05, 4.69) is 47.1 Å². The Kier molecular flexibility index (Phi) is 4.62. The van der Waals surface area contributed by atoms with Crippen molar-refractivity contribution in [3.63, 3.8) is 0 Å². The summed E-state index contributed by atoms with van der Waals surface area (Å²) >= 11 is 6.35. The molecule has 0 aliphatic heterocycles. The molecular formula is C8H10Br2N4O. The number of halogens is 2. The van der Waals surface area contributed by atoms with Gasteiger partial charge in [-0.05, 0) is 38.3 Å². The molecule has 1 rings (SSSR count). The molecule has 15 heavy (non-hydrogen) atoms. The number of carbonyl (C=O) groups excluding carboxylic acids is 1. The van der Waals surface area contributed by atoms with Crippen molar-refractivity contribution < 1.29 is 4.79 Å². The van der Waals surface area contributed by atoms with E-state index in [1.807, 2.05) is 6.92 Å². The van der Waals surface area contributed by atoms with Gasteiger partial charge in [-0.2, -0.15) is 0 Å². The zero-order valence-electron chi connectivity index (χ0n) is 8.00. The smallest absolute Gasteiger partial charge is 0.242 e. The lowest BCUT2D eigenvalue weighted by Gasteiger charge is -2.09. The van der Waals surface area contributed by atoms with E-state index >= 15 is 0 Å². The lowest BCUT2D eigenvalue weighted by Crippen LogP contribution is -2.35. The summed E-state index contributed by atoms with van der Waals surface area (Å²) in [6.45, 7) is 1.84. The van der Waals surface area contributed by atoms with Gasteiger partial charge in [0.25, 0.3) is 0 Å². The molecule has 1 aromatic heterocycles. The fourth-order valence-corrected chi connectivity index (χ4v) is 1.74. The Balaban J connectivity index is 2.77. The molecule has 0 fully saturated rings. The van der Waals surface area contributed by atoms with E-state index in [0.29, 0.717) is 21.4 Å². The van der Waals surface area contributed by atoms with Gasteiger partial charge in [0.2, 0.25) is 5.91 Å². The van der Waals surface area contributed by atoms with Gasteiger partial charge in [0.1, 0.15) is 9.21 Å². The third-order valence-corrected chi connectivity index (χ3v) is 2.65. The highest BCUT2D eigenvalue weighted by Gasteiger charge is 2.13. The zero-order valence-corrected chi connectivity index (χ0v) is 11.2. The van der Waals surface area contributed by atoms with Crippen molar-refractivity contribution in [2.24, 2.45) is 5.73 Å². The molecule has 1 aromatic rings. The molecule has 5 nitrogen and oxygen atoms in total. The lowest BCUT2D eigenvalue weighted by atomic mass is 10.2. The Morgan fingerprint density at radius 2 is 2.33 bits per heavy atom. The third-order valence-electron chi connectivity index (χ3n) is 1.72. The van der Waals surface area contributed by atoms with Crippen molar-refractivity contribution in [2.45, 2.75) is 19.4 Å². The highest BCUT2D eigenvalue weighted by atomic mass is 79.9. The van der Waals surface area contributed by atoms with E-state index in [1.165, 1.54) is 6.20 Å². The Bertz CT molecular complexity index is 372. The fourth-order valence-electron chi connectivity index (χ4n) is 0.825. The summed E-state index contributed by atoms with van der Waals surface area (Å²) < 4.78 is 1.06. The molecule has 0 saturated heterocycles. The largest absolute Gasteiger partial charge is 0.320 e. The fraction of sp³-hybridized carbons (Fsp3) is 0.375. The maximum atomic E-state index is 11.4. The van der Waals surface area contributed by atoms with Crippen LogP contribution in [0.3, 0.4) is 0 Å². The number of nitrogens with zero attached hydrogens (tertiary/aromatic N) is 2. The SMILES string of the molecule is CC[C@@H](N)C(=O)Nc1ncc(Br)nc1Br. The molecule has 82 valence electrons. The Hall–Kier alpha value is -0.530. The molecule has 7 heteroatoms. The number of anilines is 1. The van der Waals surface area contributed by atoms with Gasteiger partial charge in [0.05, 0.1) is 12.2 Å². The summed E-state index contributed by atoms with van der Waals surface area (Å²) in [5, 5.41) is 2.58. The number of amides is 1. The minimum absolute atomic E-state index is 0.269. The van der Waals surface area contributed by atoms with E-state index in [-0.39, 0.29) is 5.91 Å². The first kappa shape index (κ1) is 12.5. The summed E-state index contributed by atoms with van der Waals surface area (Å²) in [6, 6.07) is -0.526. The van der Waals surface area contributed by atoms with Gasteiger partial charge in [-0.3, -0.25) is 4.79 Å². The van der Waals surface area contributed by atoms with E-state index in [9.17, 15) is 4.79 Å². The summed E-state index contributed by atoms with van der Waals surface area (Å²) in [5.74, 6) is 0.0990. The van der Waals surface area contributed by atoms with Gasteiger partial charge in [0.15, 0.2) is 5.82 Å². The van der Waals surface area contributed by atoms with Gasteiger partial charge >= 0.3 is 0 Å². The highest BCUT2D eigenvalue weighted by molar-refractivity contribution is 9.11. The molecule has 0 spiro atoms. The Morgan fingerprint density at radius 3 is 2.87 bits per heavy atom. The molecule has 0 aromatic carbocycles. The predicted octanol–water partition coefficient (Wildman–Crippen LogP) is 1.68. The highest BCUT2D eigenvalue weighted by Crippen LogP contribution is 2.19. The summed E-state index contributed by atoms with van der Waals surface area (Å²) in [6.07, 6.45) is 2.07. The van der Waals surface area contributed by atoms with Crippen LogP contribution in [-0.4, -0.2) is 21.9 Å². The van der Waals surface area contributed by atoms with E-state index in [1.54, 1.807) is 0 Å². The maximum absolute atomic E-state index is 11.4. The van der Waals surface area contributed by atoms with Gasteiger partial charge < -0.3 is 11.1 Å². The second-order valence-electron chi connectivity index (χ2n) is 2.84. The van der Waals surface area contributed by atoms with Gasteiger partial charge in [-0.25, -0.2) is 9.97 Å². The second kappa shape index (κ2) is 5.53. The van der Waals surface area contributed by atoms with Gasteiger partial charge in [-0.1, -0.05) is 6.92 Å². The molecule has 0 unspecified atom stereocenters. The Labute approximate surface area is 104 Å². The number of carbonyl (C=O) groups is 1. The standard InChI is InChI=1S/C8H10Br2N4O/c1-2-4(11)8(15)14-7-6(10)13-5(9)3-12-7/h3-4H,2,11H2,1H3,(H,12,14,15)/t4-/m1/s1. The minimum atomic E-state index is -0.526. The second-order valence-corrected chi connectivity index (χ2v) is 4.40. The molecule has 0 aliphatic rings. The van der Waals surface area contributed by atoms with E-state index in [4.69, 9.17) is 5.73 Å². The maximum Gasteiger partial charge on any atom is 0.242 e. The summed E-state index contributed by atoms with van der Waals surface area (Å²) in [5.41, 5.74) is 5.56. The van der Waals surface area contributed by atoms with Crippen molar-refractivity contribution in [3.8, 4) is 0 Å². The van der Waals surface area contributed by atoms with Crippen molar-refractivity contribution in [1.82, 2.24) is 9.97 Å². The Morgan fingerprint density at radius 1 is 1.67 bits per heavy atom.